The van der Waals surface area contributed by atoms with Gasteiger partial charge >= 0.3 is 5.97 Å². The van der Waals surface area contributed by atoms with E-state index in [1.807, 2.05) is 121 Å². The van der Waals surface area contributed by atoms with E-state index in [2.05, 4.69) is 0 Å². The molecule has 0 aliphatic carbocycles. The lowest BCUT2D eigenvalue weighted by molar-refractivity contribution is -0.314. The molecule has 218 valence electrons. The van der Waals surface area contributed by atoms with Crippen LogP contribution in [0.3, 0.4) is 0 Å². The largest absolute Gasteiger partial charge is 0.483 e. The summed E-state index contributed by atoms with van der Waals surface area (Å²) >= 11 is 0. The van der Waals surface area contributed by atoms with Gasteiger partial charge in [-0.3, -0.25) is 4.79 Å². The second kappa shape index (κ2) is 15.3. The van der Waals surface area contributed by atoms with E-state index in [9.17, 15) is 4.79 Å². The van der Waals surface area contributed by atoms with Crippen LogP contribution in [0.25, 0.3) is 0 Å². The number of esters is 1. The van der Waals surface area contributed by atoms with E-state index in [0.717, 1.165) is 16.7 Å². The first-order valence-electron chi connectivity index (χ1n) is 14.1. The van der Waals surface area contributed by atoms with Gasteiger partial charge in [-0.05, 0) is 28.8 Å². The van der Waals surface area contributed by atoms with Gasteiger partial charge in [0.2, 0.25) is 0 Å². The van der Waals surface area contributed by atoms with E-state index >= 15 is 0 Å². The quantitative estimate of drug-likeness (QED) is 0.180. The predicted molar refractivity (Wildman–Crippen MR) is 157 cm³/mol. The molecule has 7 nitrogen and oxygen atoms in total. The first-order valence-corrected chi connectivity index (χ1v) is 14.1. The third kappa shape index (κ3) is 8.50. The fourth-order valence-electron chi connectivity index (χ4n) is 4.83. The van der Waals surface area contributed by atoms with Gasteiger partial charge in [-0.1, -0.05) is 109 Å². The van der Waals surface area contributed by atoms with Gasteiger partial charge in [-0.2, -0.15) is 0 Å². The van der Waals surface area contributed by atoms with Gasteiger partial charge in [0.25, 0.3) is 0 Å². The van der Waals surface area contributed by atoms with Crippen molar-refractivity contribution >= 4 is 5.97 Å². The lowest BCUT2D eigenvalue weighted by atomic mass is 9.98. The van der Waals surface area contributed by atoms with Crippen molar-refractivity contribution in [2.24, 2.45) is 0 Å². The molecule has 1 aliphatic rings. The highest BCUT2D eigenvalue weighted by molar-refractivity contribution is 5.66. The van der Waals surface area contributed by atoms with E-state index < -0.39 is 36.7 Å². The maximum Gasteiger partial charge on any atom is 0.303 e. The maximum atomic E-state index is 12.4. The normalized spacial score (nSPS) is 21.9. The summed E-state index contributed by atoms with van der Waals surface area (Å²) in [5, 5.41) is 0. The number of rotatable bonds is 13. The predicted octanol–water partition coefficient (Wildman–Crippen LogP) is 6.11. The zero-order valence-electron chi connectivity index (χ0n) is 23.6. The fourth-order valence-corrected chi connectivity index (χ4v) is 4.83. The van der Waals surface area contributed by atoms with E-state index in [1.54, 1.807) is 0 Å². The Labute approximate surface area is 246 Å². The Balaban J connectivity index is 1.43. The highest BCUT2D eigenvalue weighted by Crippen LogP contribution is 2.32. The lowest BCUT2D eigenvalue weighted by Crippen LogP contribution is -2.63. The van der Waals surface area contributed by atoms with Gasteiger partial charge in [0.1, 0.15) is 18.0 Å². The molecule has 0 radical (unpaired) electrons. The summed E-state index contributed by atoms with van der Waals surface area (Å²) in [6.45, 7) is 2.49. The molecule has 0 amide bonds. The molecule has 0 saturated carbocycles. The molecule has 1 fully saturated rings. The average Bonchev–Trinajstić information content (AvgIpc) is 3.03. The van der Waals surface area contributed by atoms with Crippen molar-refractivity contribution in [2.75, 3.05) is 6.61 Å². The van der Waals surface area contributed by atoms with Crippen LogP contribution in [0, 0.1) is 0 Å². The van der Waals surface area contributed by atoms with Crippen LogP contribution >= 0.6 is 0 Å². The van der Waals surface area contributed by atoms with Crippen LogP contribution < -0.4 is 4.74 Å². The van der Waals surface area contributed by atoms with E-state index in [0.29, 0.717) is 19.0 Å². The smallest absolute Gasteiger partial charge is 0.303 e. The first-order chi connectivity index (χ1) is 20.7. The molecule has 4 aromatic carbocycles. The minimum atomic E-state index is -0.834. The molecule has 0 bridgehead atoms. The Morgan fingerprint density at radius 3 is 1.67 bits per heavy atom. The molecular formula is C35H36O7. The molecule has 5 atom stereocenters. The lowest BCUT2D eigenvalue weighted by Gasteiger charge is -2.45. The maximum absolute atomic E-state index is 12.4. The molecule has 0 aromatic heterocycles. The van der Waals surface area contributed by atoms with E-state index in [4.69, 9.17) is 28.4 Å². The zero-order valence-corrected chi connectivity index (χ0v) is 23.6. The summed E-state index contributed by atoms with van der Waals surface area (Å²) in [6, 6.07) is 39.0. The molecule has 42 heavy (non-hydrogen) atoms. The van der Waals surface area contributed by atoms with Crippen LogP contribution in [-0.4, -0.2) is 43.3 Å². The zero-order chi connectivity index (χ0) is 29.0. The Morgan fingerprint density at radius 2 is 1.12 bits per heavy atom. The molecule has 1 aliphatic heterocycles. The highest BCUT2D eigenvalue weighted by atomic mass is 16.7. The van der Waals surface area contributed by atoms with Crippen molar-refractivity contribution in [3.8, 4) is 5.75 Å². The second-order valence-corrected chi connectivity index (χ2v) is 10.1. The number of hydrogen-bond donors (Lipinski definition) is 0. The van der Waals surface area contributed by atoms with Crippen molar-refractivity contribution < 1.29 is 33.2 Å². The van der Waals surface area contributed by atoms with Gasteiger partial charge in [-0.25, -0.2) is 0 Å². The number of carbonyl (C=O) groups excluding carboxylic acids is 1. The number of carbonyl (C=O) groups is 1. The van der Waals surface area contributed by atoms with Gasteiger partial charge in [0, 0.05) is 6.92 Å². The average molecular weight is 569 g/mol. The molecule has 5 rings (SSSR count). The topological polar surface area (TPSA) is 72.5 Å². The third-order valence-electron chi connectivity index (χ3n) is 6.84. The summed E-state index contributed by atoms with van der Waals surface area (Å²) in [5.74, 6) is 0.157. The van der Waals surface area contributed by atoms with Gasteiger partial charge in [-0.15, -0.1) is 0 Å². The molecule has 0 unspecified atom stereocenters. The standard InChI is InChI=1S/C35H36O7/c1-26(36)40-32-31(25-37-22-27-14-6-2-7-15-27)42-35(39-24-29-18-10-4-11-19-29)34(38-23-28-16-8-3-9-17-28)33(32)41-30-20-12-5-13-21-30/h2-21,31-35H,22-25H2,1H3/t31-,32+,33+,34-,35+/m1/s1. The molecule has 1 saturated heterocycles. The van der Waals surface area contributed by atoms with Crippen LogP contribution in [0.2, 0.25) is 0 Å². The molecule has 7 heteroatoms. The van der Waals surface area contributed by atoms with Crippen molar-refractivity contribution in [2.45, 2.75) is 57.5 Å². The first kappa shape index (κ1) is 29.5. The third-order valence-corrected chi connectivity index (χ3v) is 6.84. The molecule has 1 heterocycles. The molecular weight excluding hydrogens is 532 g/mol. The van der Waals surface area contributed by atoms with E-state index in [-0.39, 0.29) is 13.2 Å². The van der Waals surface area contributed by atoms with Crippen molar-refractivity contribution in [3.63, 3.8) is 0 Å². The summed E-state index contributed by atoms with van der Waals surface area (Å²) < 4.78 is 37.8. The van der Waals surface area contributed by atoms with E-state index in [1.165, 1.54) is 6.92 Å². The van der Waals surface area contributed by atoms with Crippen molar-refractivity contribution in [1.82, 2.24) is 0 Å². The van der Waals surface area contributed by atoms with Crippen LogP contribution in [-0.2, 0) is 48.3 Å². The SMILES string of the molecule is CC(=O)O[C@@H]1[C@H](Oc2ccccc2)[C@@H](OCc2ccccc2)[C@@H](OCc2ccccc2)O[C@@H]1COCc1ccccc1. The van der Waals surface area contributed by atoms with Crippen LogP contribution in [0.5, 0.6) is 5.75 Å². The highest BCUT2D eigenvalue weighted by Gasteiger charge is 2.51. The van der Waals surface area contributed by atoms with Crippen LogP contribution in [0.1, 0.15) is 23.6 Å². The Morgan fingerprint density at radius 1 is 0.619 bits per heavy atom. The number of para-hydroxylation sites is 1. The molecule has 0 spiro atoms. The van der Waals surface area contributed by atoms with Gasteiger partial charge in [0.15, 0.2) is 18.5 Å². The summed E-state index contributed by atoms with van der Waals surface area (Å²) in [4.78, 5) is 12.4. The summed E-state index contributed by atoms with van der Waals surface area (Å²) in [6.07, 6.45) is -3.82. The Hall–Kier alpha value is -4.01. The molecule has 4 aromatic rings. The Kier molecular flexibility index (Phi) is 10.7. The number of benzene rings is 4. The minimum absolute atomic E-state index is 0.151. The minimum Gasteiger partial charge on any atom is -0.483 e. The monoisotopic (exact) mass is 568 g/mol. The number of hydrogen-bond acceptors (Lipinski definition) is 7. The molecule has 0 N–H and O–H groups in total. The van der Waals surface area contributed by atoms with Crippen molar-refractivity contribution in [3.05, 3.63) is 138 Å². The van der Waals surface area contributed by atoms with Gasteiger partial charge in [0.05, 0.1) is 26.4 Å². The summed E-state index contributed by atoms with van der Waals surface area (Å²) in [5.41, 5.74) is 2.99. The Bertz CT molecular complexity index is 1340. The fraction of sp³-hybridized carbons (Fsp3) is 0.286. The van der Waals surface area contributed by atoms with Crippen LogP contribution in [0.15, 0.2) is 121 Å². The van der Waals surface area contributed by atoms with Crippen molar-refractivity contribution in [1.29, 1.82) is 0 Å². The second-order valence-electron chi connectivity index (χ2n) is 10.1. The van der Waals surface area contributed by atoms with Gasteiger partial charge < -0.3 is 28.4 Å². The summed E-state index contributed by atoms with van der Waals surface area (Å²) in [7, 11) is 0. The number of ether oxygens (including phenoxy) is 6. The van der Waals surface area contributed by atoms with Crippen LogP contribution in [0.4, 0.5) is 0 Å².